The first kappa shape index (κ1) is 14.5. The second kappa shape index (κ2) is 7.65. The third-order valence-electron chi connectivity index (χ3n) is 3.21. The highest BCUT2D eigenvalue weighted by Crippen LogP contribution is 2.29. The average Bonchev–Trinajstić information content (AvgIpc) is 2.88. The summed E-state index contributed by atoms with van der Waals surface area (Å²) < 4.78 is 8.53. The number of nitrogens with zero attached hydrogens (tertiary/aromatic N) is 2. The van der Waals surface area contributed by atoms with Crippen LogP contribution in [-0.4, -0.2) is 15.3 Å². The van der Waals surface area contributed by atoms with Gasteiger partial charge >= 0.3 is 0 Å². The molecular formula is C14H20ClN3S. The Hall–Kier alpha value is -0.870. The minimum Gasteiger partial charge on any atom is -0.382 e. The van der Waals surface area contributed by atoms with Crippen LogP contribution in [0.3, 0.4) is 0 Å². The van der Waals surface area contributed by atoms with Gasteiger partial charge in [0.2, 0.25) is 0 Å². The molecule has 0 radical (unpaired) electrons. The molecule has 0 saturated heterocycles. The van der Waals surface area contributed by atoms with Crippen LogP contribution in [0.5, 0.6) is 0 Å². The summed E-state index contributed by atoms with van der Waals surface area (Å²) in [7, 11) is 0. The molecule has 0 saturated carbocycles. The van der Waals surface area contributed by atoms with Crippen molar-refractivity contribution >= 4 is 40.0 Å². The fourth-order valence-corrected chi connectivity index (χ4v) is 2.88. The normalized spacial score (nSPS) is 11.1. The Morgan fingerprint density at radius 3 is 2.74 bits per heavy atom. The standard InChI is InChI=1S/C14H20ClN3S/c1-2-3-4-5-6-7-10-16-13-11(15)8-9-12-14(13)18-19-17-12/h8-9,16H,2-7,10H2,1H3. The number of benzene rings is 1. The molecule has 19 heavy (non-hydrogen) atoms. The molecule has 1 aromatic heterocycles. The number of halogens is 1. The van der Waals surface area contributed by atoms with E-state index >= 15 is 0 Å². The molecule has 0 fully saturated rings. The van der Waals surface area contributed by atoms with Gasteiger partial charge in [0.25, 0.3) is 0 Å². The summed E-state index contributed by atoms with van der Waals surface area (Å²) in [6, 6.07) is 3.80. The highest BCUT2D eigenvalue weighted by atomic mass is 35.5. The van der Waals surface area contributed by atoms with Crippen LogP contribution in [0, 0.1) is 0 Å². The predicted molar refractivity (Wildman–Crippen MR) is 84.3 cm³/mol. The molecule has 0 aliphatic carbocycles. The smallest absolute Gasteiger partial charge is 0.129 e. The quantitative estimate of drug-likeness (QED) is 0.687. The molecule has 1 aromatic carbocycles. The molecule has 0 aliphatic rings. The lowest BCUT2D eigenvalue weighted by Gasteiger charge is -2.08. The summed E-state index contributed by atoms with van der Waals surface area (Å²) >= 11 is 7.45. The third-order valence-corrected chi connectivity index (χ3v) is 4.07. The van der Waals surface area contributed by atoms with Crippen LogP contribution in [0.2, 0.25) is 5.02 Å². The first-order chi connectivity index (χ1) is 9.33. The first-order valence-electron chi connectivity index (χ1n) is 6.97. The van der Waals surface area contributed by atoms with E-state index in [1.807, 2.05) is 12.1 Å². The van der Waals surface area contributed by atoms with Gasteiger partial charge in [-0.25, -0.2) is 0 Å². The van der Waals surface area contributed by atoms with Crippen molar-refractivity contribution < 1.29 is 0 Å². The van der Waals surface area contributed by atoms with Crippen LogP contribution in [0.4, 0.5) is 5.69 Å². The maximum atomic E-state index is 6.22. The van der Waals surface area contributed by atoms with E-state index < -0.39 is 0 Å². The molecule has 0 unspecified atom stereocenters. The summed E-state index contributed by atoms with van der Waals surface area (Å²) in [4.78, 5) is 0. The Bertz CT molecular complexity index is 512. The molecule has 0 spiro atoms. The van der Waals surface area contributed by atoms with E-state index in [1.54, 1.807) is 0 Å². The molecule has 2 aromatic rings. The maximum absolute atomic E-state index is 6.22. The molecule has 104 valence electrons. The zero-order chi connectivity index (χ0) is 13.5. The topological polar surface area (TPSA) is 37.8 Å². The Morgan fingerprint density at radius 1 is 1.11 bits per heavy atom. The Balaban J connectivity index is 1.81. The van der Waals surface area contributed by atoms with Gasteiger partial charge < -0.3 is 5.32 Å². The average molecular weight is 298 g/mol. The summed E-state index contributed by atoms with van der Waals surface area (Å²) in [5.74, 6) is 0. The molecular weight excluding hydrogens is 278 g/mol. The largest absolute Gasteiger partial charge is 0.382 e. The van der Waals surface area contributed by atoms with Crippen molar-refractivity contribution in [3.63, 3.8) is 0 Å². The lowest BCUT2D eigenvalue weighted by atomic mass is 10.1. The van der Waals surface area contributed by atoms with Gasteiger partial charge in [-0.05, 0) is 18.6 Å². The molecule has 2 rings (SSSR count). The van der Waals surface area contributed by atoms with Crippen LogP contribution in [-0.2, 0) is 0 Å². The number of fused-ring (bicyclic) bond motifs is 1. The Labute approximate surface area is 123 Å². The lowest BCUT2D eigenvalue weighted by molar-refractivity contribution is 0.617. The van der Waals surface area contributed by atoms with Crippen molar-refractivity contribution in [3.05, 3.63) is 17.2 Å². The van der Waals surface area contributed by atoms with E-state index in [0.717, 1.165) is 28.3 Å². The van der Waals surface area contributed by atoms with Gasteiger partial charge in [-0.2, -0.15) is 8.75 Å². The minimum absolute atomic E-state index is 0.728. The Kier molecular flexibility index (Phi) is 5.86. The summed E-state index contributed by atoms with van der Waals surface area (Å²) in [6.07, 6.45) is 7.77. The number of rotatable bonds is 8. The minimum atomic E-state index is 0.728. The van der Waals surface area contributed by atoms with Gasteiger partial charge in [-0.3, -0.25) is 0 Å². The van der Waals surface area contributed by atoms with Gasteiger partial charge in [0.1, 0.15) is 11.0 Å². The summed E-state index contributed by atoms with van der Waals surface area (Å²) in [5, 5.41) is 4.13. The fourth-order valence-electron chi connectivity index (χ4n) is 2.11. The van der Waals surface area contributed by atoms with Crippen molar-refractivity contribution in [1.29, 1.82) is 0 Å². The van der Waals surface area contributed by atoms with Crippen molar-refractivity contribution in [2.75, 3.05) is 11.9 Å². The molecule has 1 heterocycles. The van der Waals surface area contributed by atoms with Crippen molar-refractivity contribution in [1.82, 2.24) is 8.75 Å². The van der Waals surface area contributed by atoms with E-state index in [2.05, 4.69) is 21.0 Å². The molecule has 1 N–H and O–H groups in total. The number of hydrogen-bond donors (Lipinski definition) is 1. The monoisotopic (exact) mass is 297 g/mol. The van der Waals surface area contributed by atoms with Crippen LogP contribution < -0.4 is 5.32 Å². The van der Waals surface area contributed by atoms with Gasteiger partial charge in [0.15, 0.2) is 0 Å². The second-order valence-electron chi connectivity index (χ2n) is 4.75. The summed E-state index contributed by atoms with van der Waals surface area (Å²) in [6.45, 7) is 3.19. The number of anilines is 1. The van der Waals surface area contributed by atoms with E-state index in [4.69, 9.17) is 11.6 Å². The fraction of sp³-hybridized carbons (Fsp3) is 0.571. The third kappa shape index (κ3) is 4.05. The van der Waals surface area contributed by atoms with E-state index in [0.29, 0.717) is 0 Å². The molecule has 0 bridgehead atoms. The first-order valence-corrected chi connectivity index (χ1v) is 8.08. The summed E-state index contributed by atoms with van der Waals surface area (Å²) in [5.41, 5.74) is 2.74. The number of aromatic nitrogens is 2. The van der Waals surface area contributed by atoms with E-state index in [9.17, 15) is 0 Å². The number of nitrogens with one attached hydrogen (secondary N) is 1. The van der Waals surface area contributed by atoms with Gasteiger partial charge in [0, 0.05) is 6.54 Å². The van der Waals surface area contributed by atoms with Crippen LogP contribution in [0.15, 0.2) is 12.1 Å². The number of unbranched alkanes of at least 4 members (excludes halogenated alkanes) is 5. The van der Waals surface area contributed by atoms with E-state index in [1.165, 1.54) is 50.3 Å². The second-order valence-corrected chi connectivity index (χ2v) is 5.68. The molecule has 3 nitrogen and oxygen atoms in total. The lowest BCUT2D eigenvalue weighted by Crippen LogP contribution is -2.02. The highest BCUT2D eigenvalue weighted by Gasteiger charge is 2.08. The molecule has 0 amide bonds. The van der Waals surface area contributed by atoms with Crippen LogP contribution in [0.1, 0.15) is 45.4 Å². The van der Waals surface area contributed by atoms with Crippen LogP contribution >= 0.6 is 23.3 Å². The van der Waals surface area contributed by atoms with Crippen molar-refractivity contribution in [3.8, 4) is 0 Å². The molecule has 5 heteroatoms. The van der Waals surface area contributed by atoms with Gasteiger partial charge in [-0.1, -0.05) is 50.6 Å². The van der Waals surface area contributed by atoms with Gasteiger partial charge in [-0.15, -0.1) is 0 Å². The Morgan fingerprint density at radius 2 is 1.89 bits per heavy atom. The van der Waals surface area contributed by atoms with Gasteiger partial charge in [0.05, 0.1) is 22.4 Å². The zero-order valence-electron chi connectivity index (χ0n) is 11.3. The SMILES string of the molecule is CCCCCCCCNc1c(Cl)ccc2nsnc12. The molecule has 0 atom stereocenters. The van der Waals surface area contributed by atoms with Crippen molar-refractivity contribution in [2.24, 2.45) is 0 Å². The van der Waals surface area contributed by atoms with E-state index in [-0.39, 0.29) is 0 Å². The maximum Gasteiger partial charge on any atom is 0.129 e. The highest BCUT2D eigenvalue weighted by molar-refractivity contribution is 7.00. The number of hydrogen-bond acceptors (Lipinski definition) is 4. The van der Waals surface area contributed by atoms with Crippen molar-refractivity contribution in [2.45, 2.75) is 45.4 Å². The zero-order valence-corrected chi connectivity index (χ0v) is 12.9. The molecule has 0 aliphatic heterocycles. The van der Waals surface area contributed by atoms with Crippen LogP contribution in [0.25, 0.3) is 11.0 Å². The predicted octanol–water partition coefficient (Wildman–Crippen LogP) is 5.12.